The molecule has 1 aliphatic heterocycles. The number of carbonyl (C=O) groups excluding carboxylic acids is 4. The molecular formula is C68H107N5O11Si. The third kappa shape index (κ3) is 22.4. The molecule has 2 aromatic carbocycles. The SMILES string of the molecule is CCCCCCCCCCCCCC(=O)O[C@@H]1[C@H](OC(=O)CCCCCCCCCCCCC)[C@@H](CO[Si](c2ccccc2)(c2ccccc2)C(C)(C)C)O[C@H]1n1cnc2c(OC(C)(C)C)nc(N(C(=O)OC(C)(C)C)C(=O)OC(C)(C)C)nc21. The smallest absolute Gasteiger partial charge is 0.427 e. The van der Waals surface area contributed by atoms with Crippen molar-refractivity contribution >= 4 is 59.9 Å². The Morgan fingerprint density at radius 2 is 0.953 bits per heavy atom. The quantitative estimate of drug-likeness (QED) is 0.0187. The predicted octanol–water partition coefficient (Wildman–Crippen LogP) is 16.4. The molecular weight excluding hydrogens is 1090 g/mol. The number of esters is 2. The molecule has 4 atom stereocenters. The maximum atomic E-state index is 14.5. The maximum absolute atomic E-state index is 14.5. The normalized spacial score (nSPS) is 16.8. The minimum atomic E-state index is -3.25. The standard InChI is InChI=1S/C68H107N5O11Si/c1-15-17-19-21-23-25-27-29-31-33-41-47-54(74)80-57-53(49-78-85(68(12,13)14,51-43-37-35-38-44-51)52-45-39-36-40-46-52)79-61(58(57)81-55(75)48-42-34-32-30-28-26-24-22-20-18-16-2)72-50-69-56-59(72)70-62(71-60(56)82-65(3,4)5)73(63(76)83-66(6,7)8)64(77)84-67(9,10)11/h35-40,43-46,50,53,57-58,61H,15-34,41-42,47-49H2,1-14H3/t53-,57-,58-,61-/m1/s1. The molecule has 0 radical (unpaired) electrons. The number of anilines is 1. The Hall–Kier alpha value is -5.39. The summed E-state index contributed by atoms with van der Waals surface area (Å²) in [5.41, 5.74) is -2.74. The number of fused-ring (bicyclic) bond motifs is 1. The summed E-state index contributed by atoms with van der Waals surface area (Å²) in [7, 11) is -3.25. The molecule has 4 aromatic rings. The third-order valence-corrected chi connectivity index (χ3v) is 20.1. The van der Waals surface area contributed by atoms with Crippen LogP contribution in [0.4, 0.5) is 15.5 Å². The highest BCUT2D eigenvalue weighted by Crippen LogP contribution is 2.42. The molecule has 1 fully saturated rings. The first kappa shape index (κ1) is 70.4. The fourth-order valence-corrected chi connectivity index (χ4v) is 15.5. The second-order valence-electron chi connectivity index (χ2n) is 27.2. The van der Waals surface area contributed by atoms with Gasteiger partial charge in [-0.25, -0.2) is 14.6 Å². The van der Waals surface area contributed by atoms with E-state index in [0.717, 1.165) is 48.9 Å². The van der Waals surface area contributed by atoms with Gasteiger partial charge in [-0.3, -0.25) is 14.2 Å². The highest BCUT2D eigenvalue weighted by molar-refractivity contribution is 6.99. The first-order valence-corrected chi connectivity index (χ1v) is 34.2. The Kier molecular flexibility index (Phi) is 27.9. The lowest BCUT2D eigenvalue weighted by molar-refractivity contribution is -0.168. The van der Waals surface area contributed by atoms with Crippen molar-refractivity contribution in [2.75, 3.05) is 11.5 Å². The van der Waals surface area contributed by atoms with Crippen LogP contribution in [0, 0.1) is 0 Å². The number of ether oxygens (including phenoxy) is 6. The molecule has 0 bridgehead atoms. The van der Waals surface area contributed by atoms with Crippen molar-refractivity contribution in [3.8, 4) is 5.88 Å². The van der Waals surface area contributed by atoms with Crippen molar-refractivity contribution in [2.45, 2.75) is 297 Å². The van der Waals surface area contributed by atoms with Gasteiger partial charge in [-0.15, -0.1) is 4.90 Å². The van der Waals surface area contributed by atoms with Gasteiger partial charge < -0.3 is 32.8 Å². The molecule has 0 aliphatic carbocycles. The van der Waals surface area contributed by atoms with Crippen LogP contribution in [0.25, 0.3) is 11.2 Å². The molecule has 0 unspecified atom stereocenters. The van der Waals surface area contributed by atoms with Gasteiger partial charge in [0.1, 0.15) is 22.9 Å². The number of nitrogens with zero attached hydrogens (tertiary/aromatic N) is 5. The zero-order chi connectivity index (χ0) is 62.3. The van der Waals surface area contributed by atoms with Crippen LogP contribution >= 0.6 is 0 Å². The summed E-state index contributed by atoms with van der Waals surface area (Å²) >= 11 is 0. The van der Waals surface area contributed by atoms with E-state index in [2.05, 4.69) is 63.9 Å². The number of aromatic nitrogens is 4. The highest BCUT2D eigenvalue weighted by atomic mass is 28.4. The van der Waals surface area contributed by atoms with Gasteiger partial charge in [-0.1, -0.05) is 224 Å². The number of carbonyl (C=O) groups is 4. The van der Waals surface area contributed by atoms with Crippen LogP contribution in [0.1, 0.15) is 257 Å². The van der Waals surface area contributed by atoms with Crippen LogP contribution in [-0.2, 0) is 37.7 Å². The fraction of sp³-hybridized carbons (Fsp3) is 0.691. The van der Waals surface area contributed by atoms with Crippen molar-refractivity contribution in [3.63, 3.8) is 0 Å². The first-order valence-electron chi connectivity index (χ1n) is 32.3. The Balaban J connectivity index is 1.61. The monoisotopic (exact) mass is 1200 g/mol. The Morgan fingerprint density at radius 3 is 1.35 bits per heavy atom. The van der Waals surface area contributed by atoms with E-state index in [-0.39, 0.29) is 36.5 Å². The lowest BCUT2D eigenvalue weighted by atomic mass is 10.1. The molecule has 1 saturated heterocycles. The summed E-state index contributed by atoms with van der Waals surface area (Å²) in [6, 6.07) is 20.5. The second-order valence-corrected chi connectivity index (χ2v) is 31.5. The average Bonchev–Trinajstić information content (AvgIpc) is 2.06. The number of benzene rings is 2. The highest BCUT2D eigenvalue weighted by Gasteiger charge is 2.55. The van der Waals surface area contributed by atoms with E-state index in [4.69, 9.17) is 42.8 Å². The van der Waals surface area contributed by atoms with Gasteiger partial charge in [0.25, 0.3) is 8.32 Å². The fourth-order valence-electron chi connectivity index (χ4n) is 11.0. The van der Waals surface area contributed by atoms with Crippen molar-refractivity contribution in [1.82, 2.24) is 19.5 Å². The molecule has 474 valence electrons. The van der Waals surface area contributed by atoms with Crippen molar-refractivity contribution in [1.29, 1.82) is 0 Å². The Morgan fingerprint density at radius 1 is 0.541 bits per heavy atom. The number of rotatable bonds is 34. The van der Waals surface area contributed by atoms with E-state index in [0.29, 0.717) is 17.7 Å². The Labute approximate surface area is 511 Å². The molecule has 85 heavy (non-hydrogen) atoms. The predicted molar refractivity (Wildman–Crippen MR) is 340 cm³/mol. The molecule has 2 amide bonds. The van der Waals surface area contributed by atoms with Gasteiger partial charge in [0.15, 0.2) is 29.6 Å². The van der Waals surface area contributed by atoms with Gasteiger partial charge in [-0.05, 0) is 90.6 Å². The number of hydrogen-bond acceptors (Lipinski definition) is 14. The van der Waals surface area contributed by atoms with Crippen LogP contribution in [0.3, 0.4) is 0 Å². The van der Waals surface area contributed by atoms with E-state index in [9.17, 15) is 19.2 Å². The minimum Gasteiger partial charge on any atom is -0.470 e. The summed E-state index contributed by atoms with van der Waals surface area (Å²) in [4.78, 5) is 72.3. The minimum absolute atomic E-state index is 0.0531. The van der Waals surface area contributed by atoms with E-state index in [1.807, 2.05) is 57.2 Å². The summed E-state index contributed by atoms with van der Waals surface area (Å²) in [5, 5.41) is 1.65. The molecule has 17 heteroatoms. The van der Waals surface area contributed by atoms with Crippen molar-refractivity contribution in [2.24, 2.45) is 0 Å². The van der Waals surface area contributed by atoms with Gasteiger partial charge in [0, 0.05) is 12.8 Å². The van der Waals surface area contributed by atoms with E-state index in [1.165, 1.54) is 96.2 Å². The molecule has 2 aromatic heterocycles. The zero-order valence-electron chi connectivity index (χ0n) is 54.6. The Bertz CT molecular complexity index is 2570. The van der Waals surface area contributed by atoms with E-state index >= 15 is 0 Å². The largest absolute Gasteiger partial charge is 0.470 e. The number of hydrogen-bond donors (Lipinski definition) is 0. The van der Waals surface area contributed by atoms with Crippen molar-refractivity contribution in [3.05, 3.63) is 67.0 Å². The third-order valence-electron chi connectivity index (χ3n) is 15.1. The van der Waals surface area contributed by atoms with Crippen LogP contribution in [0.2, 0.25) is 5.04 Å². The first-order chi connectivity index (χ1) is 40.3. The van der Waals surface area contributed by atoms with Crippen molar-refractivity contribution < 1.29 is 52.0 Å². The zero-order valence-corrected chi connectivity index (χ0v) is 55.6. The number of imidazole rings is 1. The molecule has 3 heterocycles. The van der Waals surface area contributed by atoms with Crippen LogP contribution < -0.4 is 20.0 Å². The molecule has 0 spiro atoms. The van der Waals surface area contributed by atoms with E-state index in [1.54, 1.807) is 46.1 Å². The summed E-state index contributed by atoms with van der Waals surface area (Å²) in [6.45, 7) is 26.5. The molecule has 0 saturated carbocycles. The van der Waals surface area contributed by atoms with Gasteiger partial charge >= 0.3 is 24.1 Å². The van der Waals surface area contributed by atoms with Crippen LogP contribution in [-0.4, -0.2) is 93.7 Å². The lowest BCUT2D eigenvalue weighted by Gasteiger charge is -2.43. The number of amides is 2. The maximum Gasteiger partial charge on any atom is 0.427 e. The molecule has 16 nitrogen and oxygen atoms in total. The summed E-state index contributed by atoms with van der Waals surface area (Å²) < 4.78 is 47.5. The number of unbranched alkanes of at least 4 members (excludes halogenated alkanes) is 20. The number of imide groups is 1. The molecule has 5 rings (SSSR count). The summed E-state index contributed by atoms with van der Waals surface area (Å²) in [5.74, 6) is -1.42. The van der Waals surface area contributed by atoms with Gasteiger partial charge in [0.05, 0.1) is 12.9 Å². The topological polar surface area (TPSA) is 180 Å². The van der Waals surface area contributed by atoms with Gasteiger partial charge in [-0.2, -0.15) is 9.97 Å². The van der Waals surface area contributed by atoms with Gasteiger partial charge in [0.2, 0.25) is 11.8 Å². The van der Waals surface area contributed by atoms with E-state index < -0.39 is 84.8 Å². The average molecular weight is 1200 g/mol. The summed E-state index contributed by atoms with van der Waals surface area (Å²) in [6.07, 6.45) is 19.6. The lowest BCUT2D eigenvalue weighted by Crippen LogP contribution is -2.67. The van der Waals surface area contributed by atoms with Crippen LogP contribution in [0.5, 0.6) is 5.88 Å². The molecule has 0 N–H and O–H groups in total. The molecule has 1 aliphatic rings. The second kappa shape index (κ2) is 33.7. The van der Waals surface area contributed by atoms with Crippen LogP contribution in [0.15, 0.2) is 67.0 Å².